The Balaban J connectivity index is 1.29. The molecule has 3 heterocycles. The van der Waals surface area contributed by atoms with Crippen LogP contribution < -0.4 is 5.73 Å². The molecule has 2 aromatic heterocycles. The predicted octanol–water partition coefficient (Wildman–Crippen LogP) is 3.97. The van der Waals surface area contributed by atoms with Crippen LogP contribution in [0.3, 0.4) is 0 Å². The topological polar surface area (TPSA) is 81.3 Å². The minimum atomic E-state index is -0.427. The molecule has 0 unspecified atom stereocenters. The number of nitrogens with zero attached hydrogens (tertiary/aromatic N) is 3. The number of ether oxygens (including phenoxy) is 1. The Kier molecular flexibility index (Phi) is 5.62. The van der Waals surface area contributed by atoms with Gasteiger partial charge in [0.05, 0.1) is 17.8 Å². The molecule has 1 aliphatic heterocycles. The lowest BCUT2D eigenvalue weighted by Gasteiger charge is -2.33. The summed E-state index contributed by atoms with van der Waals surface area (Å²) in [6.45, 7) is 3.20. The number of carbonyl (C=O) groups excluding carboxylic acids is 1. The molecule has 0 radical (unpaired) electrons. The number of amides is 1. The van der Waals surface area contributed by atoms with Crippen molar-refractivity contribution in [2.24, 2.45) is 5.73 Å². The highest BCUT2D eigenvalue weighted by Gasteiger charge is 2.23. The third kappa shape index (κ3) is 4.23. The van der Waals surface area contributed by atoms with E-state index < -0.39 is 5.91 Å². The lowest BCUT2D eigenvalue weighted by Crippen LogP contribution is -2.38. The van der Waals surface area contributed by atoms with E-state index in [1.54, 1.807) is 12.1 Å². The van der Waals surface area contributed by atoms with Gasteiger partial charge in [0, 0.05) is 48.5 Å². The Morgan fingerprint density at radius 2 is 1.84 bits per heavy atom. The number of benzene rings is 2. The Morgan fingerprint density at radius 1 is 1.00 bits per heavy atom. The quantitative estimate of drug-likeness (QED) is 0.524. The number of aromatic nitrogens is 2. The van der Waals surface area contributed by atoms with Crippen molar-refractivity contribution in [1.82, 2.24) is 14.9 Å². The molecule has 0 saturated carbocycles. The van der Waals surface area contributed by atoms with Gasteiger partial charge in [-0.2, -0.15) is 0 Å². The second-order valence-electron chi connectivity index (χ2n) is 8.00. The Morgan fingerprint density at radius 3 is 2.62 bits per heavy atom. The van der Waals surface area contributed by atoms with Crippen molar-refractivity contribution >= 4 is 16.8 Å². The van der Waals surface area contributed by atoms with Gasteiger partial charge < -0.3 is 10.5 Å². The van der Waals surface area contributed by atoms with E-state index in [-0.39, 0.29) is 6.10 Å². The number of rotatable bonds is 5. The average molecular weight is 425 g/mol. The highest BCUT2D eigenvalue weighted by Crippen LogP contribution is 2.26. The van der Waals surface area contributed by atoms with Crippen molar-refractivity contribution in [1.29, 1.82) is 0 Å². The number of hydrogen-bond acceptors (Lipinski definition) is 5. The molecule has 5 rings (SSSR count). The first-order valence-electron chi connectivity index (χ1n) is 10.7. The first-order chi connectivity index (χ1) is 15.7. The van der Waals surface area contributed by atoms with Gasteiger partial charge in [-0.05, 0) is 41.5 Å². The number of morpholine rings is 1. The molecule has 4 aromatic rings. The van der Waals surface area contributed by atoms with Crippen molar-refractivity contribution in [2.75, 3.05) is 19.7 Å². The third-order valence-corrected chi connectivity index (χ3v) is 5.90. The van der Waals surface area contributed by atoms with Gasteiger partial charge >= 0.3 is 0 Å². The Bertz CT molecular complexity index is 1230. The van der Waals surface area contributed by atoms with E-state index in [1.807, 2.05) is 48.8 Å². The molecule has 1 amide bonds. The number of fused-ring (bicyclic) bond motifs is 1. The van der Waals surface area contributed by atoms with Crippen LogP contribution in [-0.2, 0) is 11.3 Å². The fourth-order valence-electron chi connectivity index (χ4n) is 4.16. The van der Waals surface area contributed by atoms with Gasteiger partial charge in [0.1, 0.15) is 6.10 Å². The fraction of sp³-hybridized carbons (Fsp3) is 0.192. The zero-order valence-corrected chi connectivity index (χ0v) is 17.6. The van der Waals surface area contributed by atoms with Crippen LogP contribution in [0.4, 0.5) is 0 Å². The van der Waals surface area contributed by atoms with E-state index in [4.69, 9.17) is 10.5 Å². The molecule has 160 valence electrons. The fourth-order valence-corrected chi connectivity index (χ4v) is 4.16. The Labute approximate surface area is 186 Å². The zero-order chi connectivity index (χ0) is 21.9. The van der Waals surface area contributed by atoms with E-state index in [1.165, 1.54) is 10.9 Å². The molecule has 0 spiro atoms. The van der Waals surface area contributed by atoms with E-state index in [9.17, 15) is 4.79 Å². The third-order valence-electron chi connectivity index (χ3n) is 5.90. The van der Waals surface area contributed by atoms with Crippen LogP contribution in [0.15, 0.2) is 79.1 Å². The monoisotopic (exact) mass is 424 g/mol. The summed E-state index contributed by atoms with van der Waals surface area (Å²) in [5, 5.41) is 1.20. The molecular formula is C26H24N4O2. The van der Waals surface area contributed by atoms with Gasteiger partial charge in [0.25, 0.3) is 0 Å². The molecule has 1 fully saturated rings. The van der Waals surface area contributed by atoms with Crippen LogP contribution in [0.1, 0.15) is 27.7 Å². The number of primary amides is 1. The van der Waals surface area contributed by atoms with Crippen LogP contribution in [0.5, 0.6) is 0 Å². The molecule has 0 aliphatic carbocycles. The molecule has 0 bridgehead atoms. The second-order valence-corrected chi connectivity index (χ2v) is 8.00. The normalized spacial score (nSPS) is 16.8. The first-order valence-corrected chi connectivity index (χ1v) is 10.7. The molecule has 6 heteroatoms. The molecule has 2 N–H and O–H groups in total. The van der Waals surface area contributed by atoms with Gasteiger partial charge in [-0.15, -0.1) is 0 Å². The molecule has 2 aromatic carbocycles. The van der Waals surface area contributed by atoms with Crippen LogP contribution in [-0.4, -0.2) is 40.5 Å². The van der Waals surface area contributed by atoms with Gasteiger partial charge in [0.2, 0.25) is 5.91 Å². The van der Waals surface area contributed by atoms with Gasteiger partial charge in [-0.3, -0.25) is 19.7 Å². The van der Waals surface area contributed by atoms with Gasteiger partial charge in [-0.1, -0.05) is 36.4 Å². The van der Waals surface area contributed by atoms with Crippen LogP contribution in [0.2, 0.25) is 0 Å². The molecule has 32 heavy (non-hydrogen) atoms. The SMILES string of the molecule is NC(=O)c1ccc(-c2ccc([C@@H]3CN(Cc4cccc5ncccc45)CCO3)nc2)cc1. The maximum absolute atomic E-state index is 11.3. The summed E-state index contributed by atoms with van der Waals surface area (Å²) in [5.41, 5.74) is 11.0. The summed E-state index contributed by atoms with van der Waals surface area (Å²) in [6.07, 6.45) is 3.62. The summed E-state index contributed by atoms with van der Waals surface area (Å²) in [4.78, 5) is 22.8. The van der Waals surface area contributed by atoms with E-state index >= 15 is 0 Å². The van der Waals surface area contributed by atoms with Crippen molar-refractivity contribution in [3.63, 3.8) is 0 Å². The smallest absolute Gasteiger partial charge is 0.248 e. The highest BCUT2D eigenvalue weighted by molar-refractivity contribution is 5.93. The minimum Gasteiger partial charge on any atom is -0.369 e. The maximum atomic E-state index is 11.3. The van der Waals surface area contributed by atoms with Gasteiger partial charge in [-0.25, -0.2) is 0 Å². The van der Waals surface area contributed by atoms with E-state index in [0.717, 1.165) is 42.0 Å². The lowest BCUT2D eigenvalue weighted by atomic mass is 10.0. The number of nitrogens with two attached hydrogens (primary N) is 1. The largest absolute Gasteiger partial charge is 0.369 e. The van der Waals surface area contributed by atoms with Crippen molar-refractivity contribution in [3.8, 4) is 11.1 Å². The summed E-state index contributed by atoms with van der Waals surface area (Å²) < 4.78 is 6.04. The first kappa shape index (κ1) is 20.3. The number of carbonyl (C=O) groups is 1. The number of hydrogen-bond donors (Lipinski definition) is 1. The van der Waals surface area contributed by atoms with E-state index in [2.05, 4.69) is 33.1 Å². The molecular weight excluding hydrogens is 400 g/mol. The standard InChI is InChI=1S/C26H24N4O2/c27-26(31)19-8-6-18(7-9-19)20-10-11-24(29-15-20)25-17-30(13-14-32-25)16-21-3-1-5-23-22(21)4-2-12-28-23/h1-12,15,25H,13-14,16-17H2,(H2,27,31)/t25-/m0/s1. The lowest BCUT2D eigenvalue weighted by molar-refractivity contribution is -0.0348. The predicted molar refractivity (Wildman–Crippen MR) is 124 cm³/mol. The molecule has 1 saturated heterocycles. The van der Waals surface area contributed by atoms with Crippen molar-refractivity contribution < 1.29 is 9.53 Å². The summed E-state index contributed by atoms with van der Waals surface area (Å²) in [5.74, 6) is -0.427. The minimum absolute atomic E-state index is 0.0665. The Hall–Kier alpha value is -3.61. The molecule has 1 atom stereocenters. The average Bonchev–Trinajstić information content (AvgIpc) is 2.85. The zero-order valence-electron chi connectivity index (χ0n) is 17.6. The number of pyridine rings is 2. The van der Waals surface area contributed by atoms with Crippen molar-refractivity contribution in [3.05, 3.63) is 95.9 Å². The van der Waals surface area contributed by atoms with E-state index in [0.29, 0.717) is 12.2 Å². The van der Waals surface area contributed by atoms with Crippen molar-refractivity contribution in [2.45, 2.75) is 12.6 Å². The van der Waals surface area contributed by atoms with Crippen LogP contribution in [0, 0.1) is 0 Å². The van der Waals surface area contributed by atoms with Crippen LogP contribution >= 0.6 is 0 Å². The maximum Gasteiger partial charge on any atom is 0.248 e. The summed E-state index contributed by atoms with van der Waals surface area (Å²) in [6, 6.07) is 21.7. The molecule has 6 nitrogen and oxygen atoms in total. The van der Waals surface area contributed by atoms with Gasteiger partial charge in [0.15, 0.2) is 0 Å². The van der Waals surface area contributed by atoms with Crippen LogP contribution in [0.25, 0.3) is 22.0 Å². The summed E-state index contributed by atoms with van der Waals surface area (Å²) >= 11 is 0. The molecule has 1 aliphatic rings. The second kappa shape index (κ2) is 8.86. The highest BCUT2D eigenvalue weighted by atomic mass is 16.5. The summed E-state index contributed by atoms with van der Waals surface area (Å²) in [7, 11) is 0.